The normalized spacial score (nSPS) is 11.0. The fraction of sp³-hybridized carbons (Fsp3) is 0.353. The molecule has 0 radical (unpaired) electrons. The number of guanidine groups is 1. The van der Waals surface area contributed by atoms with E-state index in [1.165, 1.54) is 5.56 Å². The Morgan fingerprint density at radius 1 is 1.36 bits per heavy atom. The van der Waals surface area contributed by atoms with Gasteiger partial charge in [-0.2, -0.15) is 0 Å². The standard InChI is InChI=1S/C17H23BrN6.HI/c1-5-10-19-17(20-11-16-22-21-13(2)24(16)4)23(3)12-14-6-8-15(18)9-7-14;/h5-9H,1,10-12H2,2-4H3,(H,19,20);1H. The molecule has 1 aromatic heterocycles. The van der Waals surface area contributed by atoms with Crippen LogP contribution in [0.25, 0.3) is 0 Å². The van der Waals surface area contributed by atoms with Gasteiger partial charge < -0.3 is 14.8 Å². The van der Waals surface area contributed by atoms with Crippen LogP contribution in [-0.2, 0) is 20.1 Å². The topological polar surface area (TPSA) is 58.3 Å². The first-order chi connectivity index (χ1) is 11.5. The zero-order valence-electron chi connectivity index (χ0n) is 14.7. The second-order valence-corrected chi connectivity index (χ2v) is 6.43. The summed E-state index contributed by atoms with van der Waals surface area (Å²) >= 11 is 3.46. The Morgan fingerprint density at radius 2 is 2.04 bits per heavy atom. The van der Waals surface area contributed by atoms with Gasteiger partial charge in [0.05, 0.1) is 0 Å². The van der Waals surface area contributed by atoms with Crippen LogP contribution in [-0.4, -0.2) is 39.2 Å². The van der Waals surface area contributed by atoms with Crippen molar-refractivity contribution in [3.05, 3.63) is 58.6 Å². The van der Waals surface area contributed by atoms with Gasteiger partial charge in [-0.25, -0.2) is 4.99 Å². The average Bonchev–Trinajstić information content (AvgIpc) is 2.89. The summed E-state index contributed by atoms with van der Waals surface area (Å²) in [6, 6.07) is 8.27. The van der Waals surface area contributed by atoms with Gasteiger partial charge in [0.2, 0.25) is 0 Å². The lowest BCUT2D eigenvalue weighted by molar-refractivity contribution is 0.477. The summed E-state index contributed by atoms with van der Waals surface area (Å²) in [6.45, 7) is 7.57. The minimum Gasteiger partial charge on any atom is -0.353 e. The summed E-state index contributed by atoms with van der Waals surface area (Å²) in [5, 5.41) is 11.5. The second kappa shape index (κ2) is 10.5. The van der Waals surface area contributed by atoms with E-state index >= 15 is 0 Å². The molecule has 1 heterocycles. The monoisotopic (exact) mass is 518 g/mol. The van der Waals surface area contributed by atoms with Crippen molar-refractivity contribution in [1.29, 1.82) is 0 Å². The third-order valence-corrected chi connectivity index (χ3v) is 4.18. The van der Waals surface area contributed by atoms with Gasteiger partial charge in [-0.1, -0.05) is 34.1 Å². The minimum atomic E-state index is 0. The minimum absolute atomic E-state index is 0. The molecule has 0 aliphatic heterocycles. The van der Waals surface area contributed by atoms with Gasteiger partial charge in [0, 0.05) is 31.7 Å². The second-order valence-electron chi connectivity index (χ2n) is 5.51. The molecule has 0 fully saturated rings. The highest BCUT2D eigenvalue weighted by atomic mass is 127. The Hall–Kier alpha value is -1.42. The van der Waals surface area contributed by atoms with Crippen LogP contribution < -0.4 is 5.32 Å². The molecule has 0 amide bonds. The molecule has 1 N–H and O–H groups in total. The molecule has 2 rings (SSSR count). The van der Waals surface area contributed by atoms with Crippen LogP contribution >= 0.6 is 39.9 Å². The summed E-state index contributed by atoms with van der Waals surface area (Å²) in [5.41, 5.74) is 1.21. The van der Waals surface area contributed by atoms with E-state index in [1.807, 2.05) is 43.8 Å². The maximum Gasteiger partial charge on any atom is 0.194 e. The van der Waals surface area contributed by atoms with Crippen molar-refractivity contribution >= 4 is 45.9 Å². The number of aliphatic imine (C=N–C) groups is 1. The van der Waals surface area contributed by atoms with Crippen molar-refractivity contribution in [1.82, 2.24) is 25.0 Å². The highest BCUT2D eigenvalue weighted by Gasteiger charge is 2.09. The number of hydrogen-bond donors (Lipinski definition) is 1. The molecule has 0 saturated heterocycles. The maximum absolute atomic E-state index is 4.67. The number of rotatable bonds is 6. The molecule has 136 valence electrons. The highest BCUT2D eigenvalue weighted by Crippen LogP contribution is 2.12. The van der Waals surface area contributed by atoms with Crippen molar-refractivity contribution in [3.63, 3.8) is 0 Å². The first kappa shape index (κ1) is 21.6. The van der Waals surface area contributed by atoms with Gasteiger partial charge >= 0.3 is 0 Å². The Morgan fingerprint density at radius 3 is 2.60 bits per heavy atom. The smallest absolute Gasteiger partial charge is 0.194 e. The average molecular weight is 519 g/mol. The molecule has 0 bridgehead atoms. The van der Waals surface area contributed by atoms with Gasteiger partial charge in [-0.15, -0.1) is 40.8 Å². The zero-order chi connectivity index (χ0) is 17.5. The maximum atomic E-state index is 4.67. The van der Waals surface area contributed by atoms with Crippen LogP contribution in [0.1, 0.15) is 17.2 Å². The van der Waals surface area contributed by atoms with Gasteiger partial charge in [0.1, 0.15) is 12.4 Å². The Balaban J connectivity index is 0.00000312. The lowest BCUT2D eigenvalue weighted by Gasteiger charge is -2.22. The molecule has 6 nitrogen and oxygen atoms in total. The summed E-state index contributed by atoms with van der Waals surface area (Å²) in [7, 11) is 3.96. The fourth-order valence-corrected chi connectivity index (χ4v) is 2.41. The Bertz CT molecular complexity index is 710. The Labute approximate surface area is 174 Å². The number of hydrogen-bond acceptors (Lipinski definition) is 3. The molecule has 0 unspecified atom stereocenters. The number of nitrogens with zero attached hydrogens (tertiary/aromatic N) is 5. The van der Waals surface area contributed by atoms with Gasteiger partial charge in [-0.3, -0.25) is 0 Å². The number of aromatic nitrogens is 3. The summed E-state index contributed by atoms with van der Waals surface area (Å²) in [6.07, 6.45) is 1.81. The Kier molecular flexibility index (Phi) is 9.12. The van der Waals surface area contributed by atoms with Crippen LogP contribution in [0.4, 0.5) is 0 Å². The van der Waals surface area contributed by atoms with E-state index in [9.17, 15) is 0 Å². The molecule has 2 aromatic rings. The van der Waals surface area contributed by atoms with E-state index in [4.69, 9.17) is 0 Å². The van der Waals surface area contributed by atoms with Crippen LogP contribution in [0.15, 0.2) is 46.4 Å². The number of halogens is 2. The molecule has 0 saturated carbocycles. The lowest BCUT2D eigenvalue weighted by atomic mass is 10.2. The van der Waals surface area contributed by atoms with E-state index in [1.54, 1.807) is 0 Å². The molecule has 1 aromatic carbocycles. The number of benzene rings is 1. The SMILES string of the molecule is C=CCNC(=NCc1nnc(C)n1C)N(C)Cc1ccc(Br)cc1.I. The van der Waals surface area contributed by atoms with Crippen LogP contribution in [0.2, 0.25) is 0 Å². The van der Waals surface area contributed by atoms with Crippen LogP contribution in [0, 0.1) is 6.92 Å². The van der Waals surface area contributed by atoms with Crippen LogP contribution in [0.5, 0.6) is 0 Å². The van der Waals surface area contributed by atoms with Crippen LogP contribution in [0.3, 0.4) is 0 Å². The summed E-state index contributed by atoms with van der Waals surface area (Å²) in [5.74, 6) is 2.52. The van der Waals surface area contributed by atoms with Crippen molar-refractivity contribution in [3.8, 4) is 0 Å². The third-order valence-electron chi connectivity index (χ3n) is 3.65. The lowest BCUT2D eigenvalue weighted by Crippen LogP contribution is -2.38. The van der Waals surface area contributed by atoms with Gasteiger partial charge in [0.15, 0.2) is 11.8 Å². The van der Waals surface area contributed by atoms with E-state index in [0.29, 0.717) is 13.1 Å². The molecule has 0 aliphatic rings. The van der Waals surface area contributed by atoms with E-state index in [-0.39, 0.29) is 24.0 Å². The van der Waals surface area contributed by atoms with E-state index < -0.39 is 0 Å². The van der Waals surface area contributed by atoms with Crippen molar-refractivity contribution in [2.24, 2.45) is 12.0 Å². The zero-order valence-corrected chi connectivity index (χ0v) is 18.7. The third kappa shape index (κ3) is 6.43. The van der Waals surface area contributed by atoms with E-state index in [2.05, 4.69) is 60.0 Å². The summed E-state index contributed by atoms with van der Waals surface area (Å²) < 4.78 is 3.02. The number of aryl methyl sites for hydroxylation is 1. The fourth-order valence-electron chi connectivity index (χ4n) is 2.15. The molecular weight excluding hydrogens is 495 g/mol. The molecule has 25 heavy (non-hydrogen) atoms. The molecule has 8 heteroatoms. The first-order valence-electron chi connectivity index (χ1n) is 7.71. The first-order valence-corrected chi connectivity index (χ1v) is 8.50. The predicted molar refractivity (Wildman–Crippen MR) is 116 cm³/mol. The molecular formula is C17H24BrIN6. The number of nitrogens with one attached hydrogen (secondary N) is 1. The van der Waals surface area contributed by atoms with Crippen molar-refractivity contribution in [2.45, 2.75) is 20.0 Å². The highest BCUT2D eigenvalue weighted by molar-refractivity contribution is 14.0. The quantitative estimate of drug-likeness (QED) is 0.276. The molecule has 0 aliphatic carbocycles. The molecule has 0 atom stereocenters. The largest absolute Gasteiger partial charge is 0.353 e. The van der Waals surface area contributed by atoms with E-state index in [0.717, 1.165) is 28.6 Å². The van der Waals surface area contributed by atoms with Crippen molar-refractivity contribution in [2.75, 3.05) is 13.6 Å². The van der Waals surface area contributed by atoms with Gasteiger partial charge in [0.25, 0.3) is 0 Å². The van der Waals surface area contributed by atoms with Gasteiger partial charge in [-0.05, 0) is 24.6 Å². The predicted octanol–water partition coefficient (Wildman–Crippen LogP) is 3.27. The summed E-state index contributed by atoms with van der Waals surface area (Å²) in [4.78, 5) is 6.75. The van der Waals surface area contributed by atoms with Crippen molar-refractivity contribution < 1.29 is 0 Å². The molecule has 0 spiro atoms.